The van der Waals surface area contributed by atoms with E-state index in [1.807, 2.05) is 13.2 Å². The van der Waals surface area contributed by atoms with Gasteiger partial charge in [-0.1, -0.05) is 18.2 Å². The molecule has 0 N–H and O–H groups in total. The van der Waals surface area contributed by atoms with Crippen molar-refractivity contribution in [3.05, 3.63) is 47.2 Å². The molecule has 6 nitrogen and oxygen atoms in total. The minimum Gasteiger partial charge on any atom is -0.480 e. The number of allylic oxidation sites excluding steroid dienone is 1. The topological polar surface area (TPSA) is 48.8 Å². The van der Waals surface area contributed by atoms with Crippen molar-refractivity contribution in [2.45, 2.75) is 44.8 Å². The van der Waals surface area contributed by atoms with Crippen LogP contribution >= 0.6 is 0 Å². The van der Waals surface area contributed by atoms with Crippen LogP contribution in [0.5, 0.6) is 5.88 Å². The van der Waals surface area contributed by atoms with Crippen LogP contribution in [0.4, 0.5) is 5.69 Å². The van der Waals surface area contributed by atoms with Crippen LogP contribution in [0.3, 0.4) is 0 Å². The lowest BCUT2D eigenvalue weighted by Gasteiger charge is -2.50. The fourth-order valence-corrected chi connectivity index (χ4v) is 4.81. The third-order valence-corrected chi connectivity index (χ3v) is 6.22. The normalized spacial score (nSPS) is 23.6. The summed E-state index contributed by atoms with van der Waals surface area (Å²) in [5.74, 6) is 0.850. The van der Waals surface area contributed by atoms with E-state index in [0.717, 1.165) is 18.7 Å². The lowest BCUT2D eigenvalue weighted by atomic mass is 9.63. The van der Waals surface area contributed by atoms with Crippen molar-refractivity contribution >= 4 is 11.8 Å². The van der Waals surface area contributed by atoms with Gasteiger partial charge in [-0.15, -0.1) is 5.10 Å². The van der Waals surface area contributed by atoms with E-state index in [-0.39, 0.29) is 24.0 Å². The van der Waals surface area contributed by atoms with Crippen LogP contribution in [-0.2, 0) is 16.5 Å². The summed E-state index contributed by atoms with van der Waals surface area (Å²) < 4.78 is 19.3. The average Bonchev–Trinajstić information content (AvgIpc) is 3.10. The summed E-state index contributed by atoms with van der Waals surface area (Å²) in [6, 6.07) is 6.74. The number of benzene rings is 1. The number of nitrogens with zero attached hydrogens (tertiary/aromatic N) is 3. The summed E-state index contributed by atoms with van der Waals surface area (Å²) >= 11 is 0. The van der Waals surface area contributed by atoms with Gasteiger partial charge < -0.3 is 19.1 Å². The summed E-state index contributed by atoms with van der Waals surface area (Å²) in [7, 11) is 7.11. The van der Waals surface area contributed by atoms with Crippen LogP contribution in [0.25, 0.3) is 6.08 Å². The SMILES string of the molecule is C/C=C/c1cc(C2C(OC)C(c3cn(C)nc3OC)C2OC)ccc1N(CC)CC. The minimum absolute atomic E-state index is 0.00851. The van der Waals surface area contributed by atoms with Crippen molar-refractivity contribution in [2.75, 3.05) is 39.3 Å². The highest BCUT2D eigenvalue weighted by atomic mass is 16.5. The molecule has 3 rings (SSSR count). The maximum atomic E-state index is 5.98. The van der Waals surface area contributed by atoms with Crippen molar-refractivity contribution in [1.82, 2.24) is 9.78 Å². The van der Waals surface area contributed by atoms with E-state index in [1.165, 1.54) is 16.8 Å². The van der Waals surface area contributed by atoms with E-state index in [9.17, 15) is 0 Å². The Bertz CT molecular complexity index is 861. The van der Waals surface area contributed by atoms with E-state index in [4.69, 9.17) is 14.2 Å². The van der Waals surface area contributed by atoms with Gasteiger partial charge in [-0.25, -0.2) is 0 Å². The average molecular weight is 414 g/mol. The van der Waals surface area contributed by atoms with Gasteiger partial charge >= 0.3 is 0 Å². The number of methoxy groups -OCH3 is 3. The molecule has 2 unspecified atom stereocenters. The molecule has 0 spiro atoms. The summed E-state index contributed by atoms with van der Waals surface area (Å²) in [5.41, 5.74) is 4.75. The Balaban J connectivity index is 1.99. The van der Waals surface area contributed by atoms with E-state index in [1.54, 1.807) is 26.0 Å². The van der Waals surface area contributed by atoms with Crippen molar-refractivity contribution in [2.24, 2.45) is 7.05 Å². The van der Waals surface area contributed by atoms with Gasteiger partial charge in [0.05, 0.1) is 19.3 Å². The van der Waals surface area contributed by atoms with Gasteiger partial charge in [0.25, 0.3) is 0 Å². The summed E-state index contributed by atoms with van der Waals surface area (Å²) in [6.07, 6.45) is 6.27. The maximum absolute atomic E-state index is 5.98. The molecule has 1 aliphatic carbocycles. The first-order valence-corrected chi connectivity index (χ1v) is 10.7. The molecule has 0 saturated heterocycles. The second-order valence-electron chi connectivity index (χ2n) is 7.71. The maximum Gasteiger partial charge on any atom is 0.236 e. The first kappa shape index (κ1) is 22.4. The second-order valence-corrected chi connectivity index (χ2v) is 7.71. The van der Waals surface area contributed by atoms with Gasteiger partial charge in [0.1, 0.15) is 0 Å². The van der Waals surface area contributed by atoms with Gasteiger partial charge in [-0.2, -0.15) is 0 Å². The largest absolute Gasteiger partial charge is 0.480 e. The summed E-state index contributed by atoms with van der Waals surface area (Å²) in [4.78, 5) is 2.38. The summed E-state index contributed by atoms with van der Waals surface area (Å²) in [6.45, 7) is 8.40. The van der Waals surface area contributed by atoms with Crippen LogP contribution < -0.4 is 9.64 Å². The molecule has 0 amide bonds. The Hall–Kier alpha value is -2.31. The third kappa shape index (κ3) is 3.86. The van der Waals surface area contributed by atoms with E-state index in [0.29, 0.717) is 5.88 Å². The molecule has 1 fully saturated rings. The number of hydrogen-bond acceptors (Lipinski definition) is 5. The molecule has 0 aliphatic heterocycles. The number of hydrogen-bond donors (Lipinski definition) is 0. The molecule has 164 valence electrons. The fraction of sp³-hybridized carbons (Fsp3) is 0.542. The summed E-state index contributed by atoms with van der Waals surface area (Å²) in [5, 5.41) is 4.42. The second kappa shape index (κ2) is 9.67. The third-order valence-electron chi connectivity index (χ3n) is 6.22. The zero-order valence-electron chi connectivity index (χ0n) is 19.3. The van der Waals surface area contributed by atoms with Crippen molar-refractivity contribution in [3.8, 4) is 5.88 Å². The van der Waals surface area contributed by atoms with E-state index >= 15 is 0 Å². The molecule has 6 heteroatoms. The first-order chi connectivity index (χ1) is 14.5. The monoisotopic (exact) mass is 413 g/mol. The lowest BCUT2D eigenvalue weighted by molar-refractivity contribution is -0.116. The van der Waals surface area contributed by atoms with Crippen molar-refractivity contribution in [1.29, 1.82) is 0 Å². The zero-order valence-corrected chi connectivity index (χ0v) is 19.3. The standard InChI is InChI=1S/C24H35N3O3/c1-8-11-16-14-17(12-13-19(16)27(9-2)10-3)20-22(28-5)21(23(20)29-6)18-15-26(4)25-24(18)30-7/h8,11-15,20-23H,9-10H2,1-7H3/b11-8+. The Morgan fingerprint density at radius 1 is 1.07 bits per heavy atom. The highest BCUT2D eigenvalue weighted by Crippen LogP contribution is 2.53. The quantitative estimate of drug-likeness (QED) is 0.616. The fourth-order valence-electron chi connectivity index (χ4n) is 4.81. The molecule has 1 aromatic heterocycles. The number of rotatable bonds is 9. The molecular weight excluding hydrogens is 378 g/mol. The van der Waals surface area contributed by atoms with Crippen LogP contribution in [-0.4, -0.2) is 56.4 Å². The molecular formula is C24H35N3O3. The van der Waals surface area contributed by atoms with E-state index < -0.39 is 0 Å². The van der Waals surface area contributed by atoms with Crippen LogP contribution in [0.2, 0.25) is 0 Å². The number of aryl methyl sites for hydroxylation is 1. The van der Waals surface area contributed by atoms with Gasteiger partial charge in [0, 0.05) is 63.6 Å². The van der Waals surface area contributed by atoms with Gasteiger partial charge in [0.15, 0.2) is 0 Å². The van der Waals surface area contributed by atoms with Crippen LogP contribution in [0, 0.1) is 0 Å². The molecule has 1 aliphatic rings. The first-order valence-electron chi connectivity index (χ1n) is 10.7. The van der Waals surface area contributed by atoms with Gasteiger partial charge in [0.2, 0.25) is 5.88 Å². The molecule has 1 heterocycles. The number of anilines is 1. The highest BCUT2D eigenvalue weighted by Gasteiger charge is 2.54. The predicted octanol–water partition coefficient (Wildman–Crippen LogP) is 4.22. The molecule has 1 aromatic carbocycles. The van der Waals surface area contributed by atoms with Gasteiger partial charge in [-0.05, 0) is 44.0 Å². The predicted molar refractivity (Wildman–Crippen MR) is 122 cm³/mol. The molecule has 2 atom stereocenters. The smallest absolute Gasteiger partial charge is 0.236 e. The minimum atomic E-state index is -0.00851. The number of ether oxygens (including phenoxy) is 3. The van der Waals surface area contributed by atoms with Crippen molar-refractivity contribution in [3.63, 3.8) is 0 Å². The lowest BCUT2D eigenvalue weighted by Crippen LogP contribution is -2.53. The Kier molecular flexibility index (Phi) is 7.21. The molecule has 30 heavy (non-hydrogen) atoms. The van der Waals surface area contributed by atoms with E-state index in [2.05, 4.69) is 61.1 Å². The molecule has 1 saturated carbocycles. The number of aromatic nitrogens is 2. The zero-order chi connectivity index (χ0) is 21.8. The Morgan fingerprint density at radius 3 is 2.27 bits per heavy atom. The van der Waals surface area contributed by atoms with Crippen molar-refractivity contribution < 1.29 is 14.2 Å². The van der Waals surface area contributed by atoms with Crippen LogP contribution in [0.1, 0.15) is 49.3 Å². The highest BCUT2D eigenvalue weighted by molar-refractivity contribution is 5.69. The van der Waals surface area contributed by atoms with Crippen LogP contribution in [0.15, 0.2) is 30.5 Å². The molecule has 2 aromatic rings. The van der Waals surface area contributed by atoms with Gasteiger partial charge in [-0.3, -0.25) is 4.68 Å². The molecule has 0 bridgehead atoms. The Labute approximate surface area is 180 Å². The Morgan fingerprint density at radius 2 is 1.73 bits per heavy atom. The molecule has 0 radical (unpaired) electrons.